The van der Waals surface area contributed by atoms with Crippen LogP contribution in [0.4, 0.5) is 0 Å². The number of benzene rings is 3. The van der Waals surface area contributed by atoms with Gasteiger partial charge in [-0.1, -0.05) is 97.8 Å². The van der Waals surface area contributed by atoms with Crippen LogP contribution in [0.1, 0.15) is 36.8 Å². The predicted octanol–water partition coefficient (Wildman–Crippen LogP) is 5.58. The number of hydrogen-bond donors (Lipinski definition) is 0. The molecule has 0 N–H and O–H groups in total. The van der Waals surface area contributed by atoms with Crippen molar-refractivity contribution >= 4 is 17.7 Å². The van der Waals surface area contributed by atoms with E-state index in [0.717, 1.165) is 36.2 Å². The first-order valence-corrected chi connectivity index (χ1v) is 14.0. The lowest BCUT2D eigenvalue weighted by Crippen LogP contribution is -2.57. The Labute approximate surface area is 230 Å². The number of carbonyl (C=O) groups excluding carboxylic acids is 1. The van der Waals surface area contributed by atoms with E-state index >= 15 is 0 Å². The number of rotatable bonds is 5. The minimum absolute atomic E-state index is 0.00949. The Hall–Kier alpha value is -4.03. The third-order valence-electron chi connectivity index (χ3n) is 8.83. The van der Waals surface area contributed by atoms with E-state index < -0.39 is 0 Å². The van der Waals surface area contributed by atoms with Crippen LogP contribution in [0.15, 0.2) is 106 Å². The molecule has 7 rings (SSSR count). The summed E-state index contributed by atoms with van der Waals surface area (Å²) in [6.45, 7) is 0.675. The molecule has 0 saturated heterocycles. The van der Waals surface area contributed by atoms with Crippen molar-refractivity contribution in [2.75, 3.05) is 14.1 Å². The van der Waals surface area contributed by atoms with Crippen molar-refractivity contribution in [3.8, 4) is 11.1 Å². The number of likely N-dealkylation sites (N-methyl/N-ethyl adjacent to an activating group) is 2. The molecule has 6 nitrogen and oxygen atoms in total. The van der Waals surface area contributed by atoms with Gasteiger partial charge in [-0.2, -0.15) is 4.99 Å². The molecular weight excluding hydrogens is 482 g/mol. The van der Waals surface area contributed by atoms with Gasteiger partial charge in [0.05, 0.1) is 25.6 Å². The fourth-order valence-electron chi connectivity index (χ4n) is 6.72. The van der Waals surface area contributed by atoms with Crippen molar-refractivity contribution in [2.24, 2.45) is 9.98 Å². The van der Waals surface area contributed by atoms with Crippen LogP contribution in [-0.2, 0) is 17.8 Å². The van der Waals surface area contributed by atoms with E-state index in [-0.39, 0.29) is 18.0 Å². The summed E-state index contributed by atoms with van der Waals surface area (Å²) in [7, 11) is 4.04. The van der Waals surface area contributed by atoms with Gasteiger partial charge in [0.25, 0.3) is 0 Å². The van der Waals surface area contributed by atoms with Crippen LogP contribution >= 0.6 is 0 Å². The lowest BCUT2D eigenvalue weighted by Gasteiger charge is -2.39. The van der Waals surface area contributed by atoms with Gasteiger partial charge in [0.15, 0.2) is 0 Å². The number of guanidine groups is 1. The second-order valence-corrected chi connectivity index (χ2v) is 11.4. The van der Waals surface area contributed by atoms with Crippen LogP contribution in [-0.4, -0.2) is 58.2 Å². The fourth-order valence-corrected chi connectivity index (χ4v) is 6.72. The lowest BCUT2D eigenvalue weighted by atomic mass is 9.90. The summed E-state index contributed by atoms with van der Waals surface area (Å²) in [6, 6.07) is 30.2. The molecule has 6 heteroatoms. The number of hydrogen-bond acceptors (Lipinski definition) is 4. The maximum absolute atomic E-state index is 14.0. The van der Waals surface area contributed by atoms with E-state index in [0.29, 0.717) is 17.4 Å². The third-order valence-corrected chi connectivity index (χ3v) is 8.83. The molecule has 3 unspecified atom stereocenters. The number of carbonyl (C=O) groups is 1. The zero-order valence-corrected chi connectivity index (χ0v) is 22.6. The average Bonchev–Trinajstić information content (AvgIpc) is 3.49. The number of amides is 1. The minimum atomic E-state index is 0.00949. The smallest absolute Gasteiger partial charge is 0.286 e. The summed E-state index contributed by atoms with van der Waals surface area (Å²) in [6.07, 6.45) is 5.24. The van der Waals surface area contributed by atoms with E-state index in [1.807, 2.05) is 19.2 Å². The molecule has 1 amide bonds. The van der Waals surface area contributed by atoms with Crippen LogP contribution in [0, 0.1) is 0 Å². The maximum atomic E-state index is 14.0. The lowest BCUT2D eigenvalue weighted by molar-refractivity contribution is -0.790. The molecule has 1 saturated carbocycles. The minimum Gasteiger partial charge on any atom is -0.286 e. The van der Waals surface area contributed by atoms with E-state index in [2.05, 4.69) is 84.7 Å². The summed E-state index contributed by atoms with van der Waals surface area (Å²) < 4.78 is 0.379. The summed E-state index contributed by atoms with van der Waals surface area (Å²) >= 11 is 0. The first-order valence-electron chi connectivity index (χ1n) is 14.0. The number of aliphatic imine (C=N–C) groups is 2. The van der Waals surface area contributed by atoms with Crippen molar-refractivity contribution < 1.29 is 9.28 Å². The Morgan fingerprint density at radius 3 is 2.26 bits per heavy atom. The molecule has 0 bridgehead atoms. The molecule has 4 aliphatic rings. The maximum Gasteiger partial charge on any atom is 0.318 e. The Kier molecular flexibility index (Phi) is 5.74. The monoisotopic (exact) mass is 516 g/mol. The van der Waals surface area contributed by atoms with E-state index in [9.17, 15) is 4.79 Å². The zero-order valence-electron chi connectivity index (χ0n) is 22.6. The molecule has 196 valence electrons. The predicted molar refractivity (Wildman–Crippen MR) is 154 cm³/mol. The number of quaternary nitrogens is 1. The van der Waals surface area contributed by atoms with Crippen LogP contribution in [0.2, 0.25) is 0 Å². The summed E-state index contributed by atoms with van der Waals surface area (Å²) in [5, 5.41) is 0. The number of fused-ring (bicyclic) bond motifs is 4. The van der Waals surface area contributed by atoms with Crippen LogP contribution < -0.4 is 0 Å². The molecule has 3 aromatic rings. The van der Waals surface area contributed by atoms with Gasteiger partial charge in [-0.3, -0.25) is 14.6 Å². The van der Waals surface area contributed by atoms with Crippen molar-refractivity contribution in [3.63, 3.8) is 0 Å². The molecule has 3 aromatic carbocycles. The second kappa shape index (κ2) is 9.31. The molecule has 3 heterocycles. The Morgan fingerprint density at radius 2 is 1.51 bits per heavy atom. The molecule has 0 spiro atoms. The average molecular weight is 517 g/mol. The van der Waals surface area contributed by atoms with Crippen LogP contribution in [0.3, 0.4) is 0 Å². The fraction of sp³-hybridized carbons (Fsp3) is 0.303. The molecule has 0 radical (unpaired) electrons. The van der Waals surface area contributed by atoms with Gasteiger partial charge in [-0.15, -0.1) is 0 Å². The number of nitrogens with zero attached hydrogens (tertiary/aromatic N) is 5. The van der Waals surface area contributed by atoms with Gasteiger partial charge in [-0.25, -0.2) is 9.48 Å². The first-order chi connectivity index (χ1) is 19.0. The van der Waals surface area contributed by atoms with Gasteiger partial charge in [-0.05, 0) is 29.5 Å². The van der Waals surface area contributed by atoms with E-state index in [4.69, 9.17) is 9.98 Å². The van der Waals surface area contributed by atoms with Gasteiger partial charge < -0.3 is 0 Å². The summed E-state index contributed by atoms with van der Waals surface area (Å²) in [5.74, 6) is 2.61. The topological polar surface area (TPSA) is 48.3 Å². The normalized spacial score (nSPS) is 25.7. The summed E-state index contributed by atoms with van der Waals surface area (Å²) in [4.78, 5) is 28.5. The first kappa shape index (κ1) is 24.0. The highest BCUT2D eigenvalue weighted by atomic mass is 16.2. The molecule has 1 aliphatic carbocycles. The Balaban J connectivity index is 1.29. The molecule has 1 fully saturated rings. The Morgan fingerprint density at radius 1 is 0.846 bits per heavy atom. The van der Waals surface area contributed by atoms with Crippen LogP contribution in [0.5, 0.6) is 0 Å². The van der Waals surface area contributed by atoms with Crippen LogP contribution in [0.25, 0.3) is 11.1 Å². The highest BCUT2D eigenvalue weighted by Gasteiger charge is 2.56. The standard InChI is InChI=1S/C33H34N5O/c1-36-32(39)30-31(37-28-16-10-9-15-27(28)34-33(36)37)35-29(38(30,2)22-24-11-5-3-6-12-24)21-23-17-19-26(20-18-23)25-13-7-4-8-14-25/h3-8,11-14,17-20,27-28H,9-10,15-16,21-22H2,1-2H3/q+1. The molecule has 3 atom stereocenters. The molecular formula is C33H34N5O+. The zero-order chi connectivity index (χ0) is 26.6. The molecule has 0 aromatic heterocycles. The van der Waals surface area contributed by atoms with Gasteiger partial charge in [0.1, 0.15) is 6.54 Å². The summed E-state index contributed by atoms with van der Waals surface area (Å²) in [5.41, 5.74) is 5.55. The van der Waals surface area contributed by atoms with E-state index in [1.165, 1.54) is 35.1 Å². The number of amidine groups is 1. The van der Waals surface area contributed by atoms with Gasteiger partial charge in [0.2, 0.25) is 23.3 Å². The van der Waals surface area contributed by atoms with Gasteiger partial charge >= 0.3 is 5.91 Å². The quantitative estimate of drug-likeness (QED) is 0.416. The van der Waals surface area contributed by atoms with Crippen molar-refractivity contribution in [3.05, 3.63) is 108 Å². The highest BCUT2D eigenvalue weighted by Crippen LogP contribution is 2.43. The largest absolute Gasteiger partial charge is 0.318 e. The van der Waals surface area contributed by atoms with Crippen molar-refractivity contribution in [2.45, 2.75) is 50.7 Å². The highest BCUT2D eigenvalue weighted by molar-refractivity contribution is 6.10. The van der Waals surface area contributed by atoms with E-state index in [1.54, 1.807) is 4.90 Å². The van der Waals surface area contributed by atoms with Gasteiger partial charge in [0, 0.05) is 12.6 Å². The molecule has 39 heavy (non-hydrogen) atoms. The Bertz CT molecular complexity index is 1510. The van der Waals surface area contributed by atoms with Crippen molar-refractivity contribution in [1.82, 2.24) is 9.80 Å². The second-order valence-electron chi connectivity index (χ2n) is 11.4. The van der Waals surface area contributed by atoms with Crippen molar-refractivity contribution in [1.29, 1.82) is 0 Å². The SMILES string of the molecule is CN1C(=O)C2=C(N=C(Cc3ccc(-c4ccccc4)cc3)[N+]2(C)Cc2ccccc2)N2C1=NC1CCCCC12. The molecule has 3 aliphatic heterocycles. The third kappa shape index (κ3) is 3.93.